The van der Waals surface area contributed by atoms with E-state index in [1.54, 1.807) is 26.1 Å². The lowest BCUT2D eigenvalue weighted by Gasteiger charge is -2.13. The summed E-state index contributed by atoms with van der Waals surface area (Å²) in [7, 11) is 1.30. The number of hydrogen-bond donors (Lipinski definition) is 2. The second-order valence-corrected chi connectivity index (χ2v) is 4.11. The molecule has 2 atom stereocenters. The van der Waals surface area contributed by atoms with Gasteiger partial charge in [-0.3, -0.25) is 14.3 Å². The lowest BCUT2D eigenvalue weighted by Crippen LogP contribution is -2.34. The molecule has 0 aliphatic carbocycles. The number of nitrogens with one attached hydrogen (secondary N) is 1. The number of carbonyl (C=O) groups excluding carboxylic acids is 2. The molecule has 0 aliphatic rings. The van der Waals surface area contributed by atoms with Gasteiger partial charge in [0.1, 0.15) is 6.54 Å². The molecule has 7 nitrogen and oxygen atoms in total. The quantitative estimate of drug-likeness (QED) is 0.719. The molecule has 1 amide bonds. The lowest BCUT2D eigenvalue weighted by atomic mass is 10.0. The molecule has 18 heavy (non-hydrogen) atoms. The largest absolute Gasteiger partial charge is 0.468 e. The van der Waals surface area contributed by atoms with Crippen LogP contribution >= 0.6 is 0 Å². The van der Waals surface area contributed by atoms with Crippen LogP contribution in [-0.2, 0) is 20.9 Å². The summed E-state index contributed by atoms with van der Waals surface area (Å²) in [5.41, 5.74) is 5.63. The van der Waals surface area contributed by atoms with E-state index in [1.165, 1.54) is 11.8 Å². The predicted molar refractivity (Wildman–Crippen MR) is 65.7 cm³/mol. The highest BCUT2D eigenvalue weighted by molar-refractivity contribution is 5.91. The average molecular weight is 254 g/mol. The van der Waals surface area contributed by atoms with Crippen molar-refractivity contribution in [1.82, 2.24) is 9.78 Å². The third kappa shape index (κ3) is 3.85. The number of hydrogen-bond acceptors (Lipinski definition) is 5. The molecule has 0 radical (unpaired) electrons. The number of carbonyl (C=O) groups is 2. The van der Waals surface area contributed by atoms with Gasteiger partial charge in [-0.1, -0.05) is 6.92 Å². The fourth-order valence-electron chi connectivity index (χ4n) is 1.19. The van der Waals surface area contributed by atoms with Crippen molar-refractivity contribution in [1.29, 1.82) is 0 Å². The molecule has 1 rings (SSSR count). The van der Waals surface area contributed by atoms with E-state index in [4.69, 9.17) is 5.73 Å². The Bertz CT molecular complexity index is 428. The third-order valence-electron chi connectivity index (χ3n) is 2.61. The number of anilines is 1. The van der Waals surface area contributed by atoms with Crippen LogP contribution in [0.4, 0.5) is 5.82 Å². The molecule has 0 aromatic carbocycles. The minimum absolute atomic E-state index is 0.00914. The summed E-state index contributed by atoms with van der Waals surface area (Å²) in [5.74, 6) is -0.527. The Morgan fingerprint density at radius 2 is 2.22 bits per heavy atom. The van der Waals surface area contributed by atoms with Crippen molar-refractivity contribution in [3.05, 3.63) is 12.3 Å². The molecule has 0 saturated heterocycles. The van der Waals surface area contributed by atoms with Crippen LogP contribution in [0.2, 0.25) is 0 Å². The van der Waals surface area contributed by atoms with Crippen LogP contribution in [0.25, 0.3) is 0 Å². The van der Waals surface area contributed by atoms with Crippen LogP contribution in [-0.4, -0.2) is 34.8 Å². The van der Waals surface area contributed by atoms with E-state index in [1.807, 2.05) is 0 Å². The van der Waals surface area contributed by atoms with Gasteiger partial charge >= 0.3 is 5.97 Å². The number of nitrogens with two attached hydrogens (primary N) is 1. The Morgan fingerprint density at radius 3 is 2.78 bits per heavy atom. The molecule has 7 heteroatoms. The minimum Gasteiger partial charge on any atom is -0.468 e. The zero-order valence-electron chi connectivity index (χ0n) is 10.7. The van der Waals surface area contributed by atoms with E-state index in [-0.39, 0.29) is 24.4 Å². The highest BCUT2D eigenvalue weighted by Gasteiger charge is 2.17. The second-order valence-electron chi connectivity index (χ2n) is 4.11. The van der Waals surface area contributed by atoms with Crippen LogP contribution in [0.1, 0.15) is 13.8 Å². The van der Waals surface area contributed by atoms with Crippen molar-refractivity contribution in [3.63, 3.8) is 0 Å². The number of rotatable bonds is 5. The Balaban J connectivity index is 2.59. The van der Waals surface area contributed by atoms with Gasteiger partial charge in [-0.2, -0.15) is 5.10 Å². The van der Waals surface area contributed by atoms with Crippen LogP contribution in [0.3, 0.4) is 0 Å². The molecule has 0 saturated carbocycles. The first-order valence-electron chi connectivity index (χ1n) is 5.60. The van der Waals surface area contributed by atoms with E-state index >= 15 is 0 Å². The maximum absolute atomic E-state index is 11.7. The van der Waals surface area contributed by atoms with Gasteiger partial charge in [-0.25, -0.2) is 0 Å². The number of nitrogens with zero attached hydrogens (tertiary/aromatic N) is 2. The summed E-state index contributed by atoms with van der Waals surface area (Å²) in [4.78, 5) is 22.7. The summed E-state index contributed by atoms with van der Waals surface area (Å²) in [6, 6.07) is 1.37. The summed E-state index contributed by atoms with van der Waals surface area (Å²) in [5, 5.41) is 6.65. The maximum atomic E-state index is 11.7. The van der Waals surface area contributed by atoms with E-state index in [0.717, 1.165) is 0 Å². The molecule has 100 valence electrons. The van der Waals surface area contributed by atoms with Crippen LogP contribution in [0.15, 0.2) is 12.3 Å². The first-order valence-corrected chi connectivity index (χ1v) is 5.60. The topological polar surface area (TPSA) is 99.2 Å². The summed E-state index contributed by atoms with van der Waals surface area (Å²) in [6.45, 7) is 3.51. The van der Waals surface area contributed by atoms with E-state index in [9.17, 15) is 9.59 Å². The van der Waals surface area contributed by atoms with Gasteiger partial charge in [0.15, 0.2) is 5.82 Å². The van der Waals surface area contributed by atoms with Crippen LogP contribution in [0, 0.1) is 5.92 Å². The molecule has 3 N–H and O–H groups in total. The van der Waals surface area contributed by atoms with Gasteiger partial charge in [0.2, 0.25) is 5.91 Å². The number of ether oxygens (including phenoxy) is 1. The molecule has 0 aliphatic heterocycles. The standard InChI is InChI=1S/C11H18N4O3/c1-7(8(2)12)11(17)13-9-4-5-15(14-9)6-10(16)18-3/h4-5,7-8H,6,12H2,1-3H3,(H,13,14,17). The van der Waals surface area contributed by atoms with Gasteiger partial charge in [0, 0.05) is 18.3 Å². The molecular formula is C11H18N4O3. The monoisotopic (exact) mass is 254 g/mol. The summed E-state index contributed by atoms with van der Waals surface area (Å²) < 4.78 is 5.90. The SMILES string of the molecule is COC(=O)Cn1ccc(NC(=O)C(C)C(C)N)n1. The molecule has 1 aromatic heterocycles. The normalized spacial score (nSPS) is 13.8. The second kappa shape index (κ2) is 6.15. The Labute approximate surface area is 105 Å². The number of aromatic nitrogens is 2. The zero-order chi connectivity index (χ0) is 13.7. The Kier molecular flexibility index (Phi) is 4.85. The molecule has 1 aromatic rings. The fraction of sp³-hybridized carbons (Fsp3) is 0.545. The fourth-order valence-corrected chi connectivity index (χ4v) is 1.19. The van der Waals surface area contributed by atoms with Crippen molar-refractivity contribution in [2.75, 3.05) is 12.4 Å². The van der Waals surface area contributed by atoms with Crippen LogP contribution in [0.5, 0.6) is 0 Å². The molecule has 2 unspecified atom stereocenters. The van der Waals surface area contributed by atoms with Gasteiger partial charge < -0.3 is 15.8 Å². The highest BCUT2D eigenvalue weighted by Crippen LogP contribution is 2.07. The van der Waals surface area contributed by atoms with Gasteiger partial charge in [-0.15, -0.1) is 0 Å². The smallest absolute Gasteiger partial charge is 0.327 e. The zero-order valence-corrected chi connectivity index (χ0v) is 10.7. The third-order valence-corrected chi connectivity index (χ3v) is 2.61. The number of methoxy groups -OCH3 is 1. The average Bonchev–Trinajstić information content (AvgIpc) is 2.74. The van der Waals surface area contributed by atoms with Crippen molar-refractivity contribution >= 4 is 17.7 Å². The summed E-state index contributed by atoms with van der Waals surface area (Å²) in [6.07, 6.45) is 1.59. The molecule has 0 bridgehead atoms. The van der Waals surface area contributed by atoms with Crippen molar-refractivity contribution < 1.29 is 14.3 Å². The van der Waals surface area contributed by atoms with Gasteiger partial charge in [0.25, 0.3) is 0 Å². The Morgan fingerprint density at radius 1 is 1.56 bits per heavy atom. The highest BCUT2D eigenvalue weighted by atomic mass is 16.5. The van der Waals surface area contributed by atoms with Crippen molar-refractivity contribution in [2.24, 2.45) is 11.7 Å². The maximum Gasteiger partial charge on any atom is 0.327 e. The lowest BCUT2D eigenvalue weighted by molar-refractivity contribution is -0.141. The minimum atomic E-state index is -0.403. The van der Waals surface area contributed by atoms with E-state index < -0.39 is 5.97 Å². The molecule has 1 heterocycles. The Hall–Kier alpha value is -1.89. The number of esters is 1. The number of amides is 1. The predicted octanol–water partition coefficient (Wildman–Crippen LogP) is -0.0221. The van der Waals surface area contributed by atoms with E-state index in [2.05, 4.69) is 15.2 Å². The van der Waals surface area contributed by atoms with Gasteiger partial charge in [-0.05, 0) is 6.92 Å². The molecular weight excluding hydrogens is 236 g/mol. The van der Waals surface area contributed by atoms with Crippen LogP contribution < -0.4 is 11.1 Å². The van der Waals surface area contributed by atoms with E-state index in [0.29, 0.717) is 5.82 Å². The molecule has 0 spiro atoms. The summed E-state index contributed by atoms with van der Waals surface area (Å²) >= 11 is 0. The first kappa shape index (κ1) is 14.2. The van der Waals surface area contributed by atoms with Crippen molar-refractivity contribution in [3.8, 4) is 0 Å². The van der Waals surface area contributed by atoms with Crippen molar-refractivity contribution in [2.45, 2.75) is 26.4 Å². The molecule has 0 fully saturated rings. The van der Waals surface area contributed by atoms with Gasteiger partial charge in [0.05, 0.1) is 13.0 Å². The first-order chi connectivity index (χ1) is 8.43.